The van der Waals surface area contributed by atoms with Gasteiger partial charge in [0, 0.05) is 19.3 Å². The molecule has 0 aliphatic carbocycles. The summed E-state index contributed by atoms with van der Waals surface area (Å²) >= 11 is 0. The zero-order chi connectivity index (χ0) is 13.8. The first-order valence-electron chi connectivity index (χ1n) is 6.71. The zero-order valence-electron chi connectivity index (χ0n) is 11.1. The van der Waals surface area contributed by atoms with Crippen LogP contribution in [-0.2, 0) is 6.54 Å². The molecule has 20 heavy (non-hydrogen) atoms. The molecular formula is C14H16N4O2. The number of furan rings is 1. The van der Waals surface area contributed by atoms with Crippen molar-refractivity contribution in [3.63, 3.8) is 0 Å². The number of nitrogens with zero attached hydrogens (tertiary/aromatic N) is 3. The predicted octanol–water partition coefficient (Wildman–Crippen LogP) is 1.60. The van der Waals surface area contributed by atoms with E-state index >= 15 is 0 Å². The molecule has 2 aromatic heterocycles. The van der Waals surface area contributed by atoms with Crippen LogP contribution in [0.4, 0.5) is 5.95 Å². The summed E-state index contributed by atoms with van der Waals surface area (Å²) in [6.45, 7) is 2.27. The van der Waals surface area contributed by atoms with Gasteiger partial charge in [-0.1, -0.05) is 0 Å². The van der Waals surface area contributed by atoms with E-state index in [-0.39, 0.29) is 5.91 Å². The van der Waals surface area contributed by atoms with Crippen LogP contribution in [0.1, 0.15) is 29.1 Å². The van der Waals surface area contributed by atoms with Crippen LogP contribution in [0.5, 0.6) is 0 Å². The molecule has 1 fully saturated rings. The van der Waals surface area contributed by atoms with E-state index in [9.17, 15) is 4.79 Å². The lowest BCUT2D eigenvalue weighted by Gasteiger charge is -2.15. The molecule has 0 bridgehead atoms. The number of carbonyl (C=O) groups is 1. The third-order valence-electron chi connectivity index (χ3n) is 3.27. The van der Waals surface area contributed by atoms with Gasteiger partial charge in [-0.25, -0.2) is 9.97 Å². The molecule has 0 radical (unpaired) electrons. The molecule has 1 aliphatic rings. The van der Waals surface area contributed by atoms with E-state index in [2.05, 4.69) is 20.2 Å². The molecule has 6 nitrogen and oxygen atoms in total. The molecule has 3 heterocycles. The number of hydrogen-bond donors (Lipinski definition) is 1. The Bertz CT molecular complexity index is 577. The Kier molecular flexibility index (Phi) is 3.62. The Labute approximate surface area is 116 Å². The summed E-state index contributed by atoms with van der Waals surface area (Å²) in [5, 5.41) is 2.78. The number of anilines is 1. The van der Waals surface area contributed by atoms with E-state index in [1.165, 1.54) is 0 Å². The van der Waals surface area contributed by atoms with E-state index in [0.29, 0.717) is 23.9 Å². The Morgan fingerprint density at radius 1 is 1.35 bits per heavy atom. The van der Waals surface area contributed by atoms with Gasteiger partial charge in [0.15, 0.2) is 0 Å². The van der Waals surface area contributed by atoms with Crippen LogP contribution in [0.2, 0.25) is 0 Å². The van der Waals surface area contributed by atoms with E-state index in [4.69, 9.17) is 4.42 Å². The maximum Gasteiger partial charge on any atom is 0.270 e. The largest absolute Gasteiger partial charge is 0.467 e. The molecule has 0 saturated carbocycles. The molecule has 104 valence electrons. The molecule has 3 rings (SSSR count). The van der Waals surface area contributed by atoms with Crippen molar-refractivity contribution in [3.8, 4) is 0 Å². The van der Waals surface area contributed by atoms with Crippen LogP contribution in [0.3, 0.4) is 0 Å². The quantitative estimate of drug-likeness (QED) is 0.915. The lowest BCUT2D eigenvalue weighted by molar-refractivity contribution is 0.0943. The van der Waals surface area contributed by atoms with Crippen molar-refractivity contribution in [2.45, 2.75) is 19.4 Å². The van der Waals surface area contributed by atoms with Gasteiger partial charge in [0.05, 0.1) is 12.8 Å². The molecule has 0 spiro atoms. The summed E-state index contributed by atoms with van der Waals surface area (Å²) in [6.07, 6.45) is 5.51. The van der Waals surface area contributed by atoms with Gasteiger partial charge in [-0.05, 0) is 31.0 Å². The predicted molar refractivity (Wildman–Crippen MR) is 73.4 cm³/mol. The van der Waals surface area contributed by atoms with Gasteiger partial charge >= 0.3 is 0 Å². The van der Waals surface area contributed by atoms with Crippen LogP contribution >= 0.6 is 0 Å². The summed E-state index contributed by atoms with van der Waals surface area (Å²) in [5.41, 5.74) is 0.383. The number of rotatable bonds is 4. The Balaban J connectivity index is 1.66. The fourth-order valence-electron chi connectivity index (χ4n) is 2.22. The van der Waals surface area contributed by atoms with Crippen LogP contribution in [-0.4, -0.2) is 29.0 Å². The zero-order valence-corrected chi connectivity index (χ0v) is 11.1. The highest BCUT2D eigenvalue weighted by molar-refractivity contribution is 5.92. The highest BCUT2D eigenvalue weighted by Crippen LogP contribution is 2.15. The van der Waals surface area contributed by atoms with E-state index in [0.717, 1.165) is 25.9 Å². The maximum absolute atomic E-state index is 12.0. The molecule has 1 N–H and O–H groups in total. The first-order valence-corrected chi connectivity index (χ1v) is 6.71. The standard InChI is InChI=1S/C14H16N4O2/c19-13(16-10-11-4-3-9-20-11)12-5-6-15-14(17-12)18-7-1-2-8-18/h3-6,9H,1-2,7-8,10H2,(H,16,19). The van der Waals surface area contributed by atoms with Gasteiger partial charge < -0.3 is 14.6 Å². The Morgan fingerprint density at radius 2 is 2.20 bits per heavy atom. The summed E-state index contributed by atoms with van der Waals surface area (Å²) in [5.74, 6) is 1.13. The van der Waals surface area contributed by atoms with Crippen molar-refractivity contribution in [2.75, 3.05) is 18.0 Å². The Hall–Kier alpha value is -2.37. The topological polar surface area (TPSA) is 71.3 Å². The molecule has 0 aromatic carbocycles. The molecule has 1 saturated heterocycles. The third kappa shape index (κ3) is 2.79. The van der Waals surface area contributed by atoms with Crippen molar-refractivity contribution in [2.24, 2.45) is 0 Å². The first-order chi connectivity index (χ1) is 9.83. The second kappa shape index (κ2) is 5.73. The van der Waals surface area contributed by atoms with Crippen LogP contribution in [0, 0.1) is 0 Å². The maximum atomic E-state index is 12.0. The van der Waals surface area contributed by atoms with Crippen molar-refractivity contribution in [1.82, 2.24) is 15.3 Å². The van der Waals surface area contributed by atoms with Crippen molar-refractivity contribution < 1.29 is 9.21 Å². The third-order valence-corrected chi connectivity index (χ3v) is 3.27. The summed E-state index contributed by atoms with van der Waals surface area (Å²) in [6, 6.07) is 5.23. The second-order valence-electron chi connectivity index (χ2n) is 4.70. The molecule has 0 unspecified atom stereocenters. The fraction of sp³-hybridized carbons (Fsp3) is 0.357. The highest BCUT2D eigenvalue weighted by Gasteiger charge is 2.16. The van der Waals surface area contributed by atoms with Crippen LogP contribution in [0.25, 0.3) is 0 Å². The van der Waals surface area contributed by atoms with Gasteiger partial charge in [-0.2, -0.15) is 0 Å². The number of nitrogens with one attached hydrogen (secondary N) is 1. The van der Waals surface area contributed by atoms with Crippen LogP contribution in [0.15, 0.2) is 35.1 Å². The number of carbonyl (C=O) groups excluding carboxylic acids is 1. The lowest BCUT2D eigenvalue weighted by Crippen LogP contribution is -2.26. The van der Waals surface area contributed by atoms with Gasteiger partial charge in [0.1, 0.15) is 11.5 Å². The number of aromatic nitrogens is 2. The smallest absolute Gasteiger partial charge is 0.270 e. The highest BCUT2D eigenvalue weighted by atomic mass is 16.3. The molecule has 2 aromatic rings. The van der Waals surface area contributed by atoms with Gasteiger partial charge in [0.2, 0.25) is 5.95 Å². The minimum Gasteiger partial charge on any atom is -0.467 e. The molecule has 1 aliphatic heterocycles. The summed E-state index contributed by atoms with van der Waals surface area (Å²) in [4.78, 5) is 22.7. The molecule has 1 amide bonds. The number of hydrogen-bond acceptors (Lipinski definition) is 5. The minimum absolute atomic E-state index is 0.218. The second-order valence-corrected chi connectivity index (χ2v) is 4.70. The van der Waals surface area contributed by atoms with Gasteiger partial charge in [-0.3, -0.25) is 4.79 Å². The summed E-state index contributed by atoms with van der Waals surface area (Å²) < 4.78 is 5.17. The average molecular weight is 272 g/mol. The minimum atomic E-state index is -0.218. The SMILES string of the molecule is O=C(NCc1ccco1)c1ccnc(N2CCCC2)n1. The first kappa shape index (κ1) is 12.7. The monoisotopic (exact) mass is 272 g/mol. The molecule has 6 heteroatoms. The lowest BCUT2D eigenvalue weighted by atomic mass is 10.3. The molecular weight excluding hydrogens is 256 g/mol. The fourth-order valence-corrected chi connectivity index (χ4v) is 2.22. The van der Waals surface area contributed by atoms with Crippen molar-refractivity contribution >= 4 is 11.9 Å². The average Bonchev–Trinajstić information content (AvgIpc) is 3.18. The van der Waals surface area contributed by atoms with E-state index in [1.54, 1.807) is 24.6 Å². The molecule has 0 atom stereocenters. The van der Waals surface area contributed by atoms with Crippen molar-refractivity contribution in [1.29, 1.82) is 0 Å². The van der Waals surface area contributed by atoms with Crippen molar-refractivity contribution in [3.05, 3.63) is 42.1 Å². The van der Waals surface area contributed by atoms with E-state index < -0.39 is 0 Å². The van der Waals surface area contributed by atoms with Gasteiger partial charge in [0.25, 0.3) is 5.91 Å². The normalized spacial score (nSPS) is 14.5. The Morgan fingerprint density at radius 3 is 2.95 bits per heavy atom. The van der Waals surface area contributed by atoms with E-state index in [1.807, 2.05) is 6.07 Å². The van der Waals surface area contributed by atoms with Crippen LogP contribution < -0.4 is 10.2 Å². The summed E-state index contributed by atoms with van der Waals surface area (Å²) in [7, 11) is 0. The number of amides is 1. The van der Waals surface area contributed by atoms with Gasteiger partial charge in [-0.15, -0.1) is 0 Å².